The zero-order valence-electron chi connectivity index (χ0n) is 14.7. The summed E-state index contributed by atoms with van der Waals surface area (Å²) in [5.74, 6) is -0.115. The molecule has 1 N–H and O–H groups in total. The van der Waals surface area contributed by atoms with Crippen molar-refractivity contribution >= 4 is 15.9 Å². The zero-order valence-corrected chi connectivity index (χ0v) is 15.5. The molecule has 1 spiro atoms. The lowest BCUT2D eigenvalue weighted by molar-refractivity contribution is 0.0906. The molecule has 1 aromatic heterocycles. The first kappa shape index (κ1) is 17.2. The number of amides is 1. The minimum Gasteiger partial charge on any atom is -0.345 e. The molecule has 3 heterocycles. The topological polar surface area (TPSA) is 84.3 Å². The molecule has 8 heteroatoms. The number of aromatic nitrogens is 2. The Morgan fingerprint density at radius 2 is 2.08 bits per heavy atom. The lowest BCUT2D eigenvalue weighted by atomic mass is 9.92. The maximum Gasteiger partial charge on any atom is 0.252 e. The van der Waals surface area contributed by atoms with E-state index in [1.807, 2.05) is 31.2 Å². The van der Waals surface area contributed by atoms with E-state index in [1.54, 1.807) is 10.9 Å². The van der Waals surface area contributed by atoms with Crippen molar-refractivity contribution in [1.82, 2.24) is 19.4 Å². The third-order valence-electron chi connectivity index (χ3n) is 5.40. The molecule has 0 radical (unpaired) electrons. The number of aryl methyl sites for hydroxylation is 2. The van der Waals surface area contributed by atoms with Gasteiger partial charge in [-0.25, -0.2) is 8.42 Å². The first-order chi connectivity index (χ1) is 12.4. The van der Waals surface area contributed by atoms with Gasteiger partial charge in [0.05, 0.1) is 11.7 Å². The fourth-order valence-corrected chi connectivity index (χ4v) is 5.33. The van der Waals surface area contributed by atoms with Crippen LogP contribution in [0.1, 0.15) is 35.7 Å². The number of benzene rings is 1. The van der Waals surface area contributed by atoms with Gasteiger partial charge in [0, 0.05) is 31.4 Å². The predicted molar refractivity (Wildman–Crippen MR) is 96.2 cm³/mol. The number of nitrogens with one attached hydrogen (secondary N) is 1. The summed E-state index contributed by atoms with van der Waals surface area (Å²) in [6, 6.07) is 7.58. The van der Waals surface area contributed by atoms with Gasteiger partial charge in [-0.05, 0) is 37.8 Å². The van der Waals surface area contributed by atoms with Gasteiger partial charge in [-0.1, -0.05) is 18.2 Å². The lowest BCUT2D eigenvalue weighted by Crippen LogP contribution is -2.50. The Morgan fingerprint density at radius 3 is 2.85 bits per heavy atom. The first-order valence-corrected chi connectivity index (χ1v) is 10.3. The number of hydrogen-bond donors (Lipinski definition) is 1. The van der Waals surface area contributed by atoms with E-state index in [9.17, 15) is 13.2 Å². The van der Waals surface area contributed by atoms with E-state index in [0.717, 1.165) is 18.4 Å². The van der Waals surface area contributed by atoms with Gasteiger partial charge >= 0.3 is 0 Å². The van der Waals surface area contributed by atoms with Gasteiger partial charge in [0.15, 0.2) is 0 Å². The number of sulfonamides is 1. The van der Waals surface area contributed by atoms with Crippen LogP contribution >= 0.6 is 0 Å². The van der Waals surface area contributed by atoms with Crippen molar-refractivity contribution in [2.75, 3.05) is 13.1 Å². The molecule has 0 aliphatic carbocycles. The SMILES string of the molecule is CCn1cc(S(=O)(=O)N2CCC3(CCc4ccccc4C(=O)N3)C2)cn1. The Kier molecular flexibility index (Phi) is 4.11. The average molecular weight is 374 g/mol. The van der Waals surface area contributed by atoms with Gasteiger partial charge in [0.2, 0.25) is 10.0 Å². The smallest absolute Gasteiger partial charge is 0.252 e. The largest absolute Gasteiger partial charge is 0.345 e. The summed E-state index contributed by atoms with van der Waals surface area (Å²) in [5.41, 5.74) is 1.20. The Bertz CT molecular complexity index is 953. The highest BCUT2D eigenvalue weighted by Gasteiger charge is 2.45. The van der Waals surface area contributed by atoms with E-state index in [2.05, 4.69) is 10.4 Å². The van der Waals surface area contributed by atoms with Crippen LogP contribution in [0.25, 0.3) is 0 Å². The van der Waals surface area contributed by atoms with Crippen LogP contribution in [0.4, 0.5) is 0 Å². The molecule has 1 amide bonds. The maximum atomic E-state index is 12.9. The van der Waals surface area contributed by atoms with Gasteiger partial charge in [-0.3, -0.25) is 9.48 Å². The molecule has 1 atom stereocenters. The second-order valence-corrected chi connectivity index (χ2v) is 8.95. The molecule has 1 unspecified atom stereocenters. The molecule has 0 bridgehead atoms. The van der Waals surface area contributed by atoms with E-state index < -0.39 is 15.6 Å². The summed E-state index contributed by atoms with van der Waals surface area (Å²) < 4.78 is 28.9. The highest BCUT2D eigenvalue weighted by Crippen LogP contribution is 2.33. The molecular formula is C18H22N4O3S. The molecule has 2 aromatic rings. The number of rotatable bonds is 3. The normalized spacial score (nSPS) is 23.7. The number of nitrogens with zero attached hydrogens (tertiary/aromatic N) is 3. The maximum absolute atomic E-state index is 12.9. The minimum atomic E-state index is -3.60. The van der Waals surface area contributed by atoms with Gasteiger partial charge in [-0.2, -0.15) is 9.40 Å². The molecule has 4 rings (SSSR count). The van der Waals surface area contributed by atoms with Crippen molar-refractivity contribution in [3.8, 4) is 0 Å². The van der Waals surface area contributed by atoms with Crippen molar-refractivity contribution in [2.24, 2.45) is 0 Å². The van der Waals surface area contributed by atoms with Crippen molar-refractivity contribution in [1.29, 1.82) is 0 Å². The molecule has 7 nitrogen and oxygen atoms in total. The molecule has 138 valence electrons. The van der Waals surface area contributed by atoms with Crippen LogP contribution in [0.15, 0.2) is 41.6 Å². The Hall–Kier alpha value is -2.19. The van der Waals surface area contributed by atoms with Crippen molar-refractivity contribution in [2.45, 2.75) is 43.2 Å². The van der Waals surface area contributed by atoms with E-state index in [0.29, 0.717) is 31.6 Å². The minimum absolute atomic E-state index is 0.115. The molecule has 2 aliphatic rings. The van der Waals surface area contributed by atoms with E-state index in [1.165, 1.54) is 10.5 Å². The van der Waals surface area contributed by atoms with Crippen LogP contribution in [0.3, 0.4) is 0 Å². The summed E-state index contributed by atoms with van der Waals surface area (Å²) >= 11 is 0. The van der Waals surface area contributed by atoms with E-state index >= 15 is 0 Å². The molecule has 2 aliphatic heterocycles. The van der Waals surface area contributed by atoms with Crippen LogP contribution in [-0.2, 0) is 23.0 Å². The summed E-state index contributed by atoms with van der Waals surface area (Å²) in [7, 11) is -3.60. The number of hydrogen-bond acceptors (Lipinski definition) is 4. The number of carbonyl (C=O) groups excluding carboxylic acids is 1. The average Bonchev–Trinajstić information content (AvgIpc) is 3.25. The monoisotopic (exact) mass is 374 g/mol. The van der Waals surface area contributed by atoms with Crippen molar-refractivity contribution in [3.63, 3.8) is 0 Å². The first-order valence-electron chi connectivity index (χ1n) is 8.87. The third kappa shape index (κ3) is 2.83. The van der Waals surface area contributed by atoms with Crippen LogP contribution in [0, 0.1) is 0 Å². The molecular weight excluding hydrogens is 352 g/mol. The highest BCUT2D eigenvalue weighted by molar-refractivity contribution is 7.89. The Morgan fingerprint density at radius 1 is 1.27 bits per heavy atom. The van der Waals surface area contributed by atoms with Gasteiger partial charge in [0.1, 0.15) is 4.90 Å². The fourth-order valence-electron chi connectivity index (χ4n) is 3.85. The standard InChI is InChI=1S/C18H22N4O3S/c1-2-21-12-15(11-19-21)26(24,25)22-10-9-18(13-22)8-7-14-5-3-4-6-16(14)17(23)20-18/h3-6,11-12H,2,7-10,13H2,1H3,(H,20,23). The quantitative estimate of drug-likeness (QED) is 0.880. The Labute approximate surface area is 153 Å². The summed E-state index contributed by atoms with van der Waals surface area (Å²) in [6.45, 7) is 3.23. The molecule has 1 fully saturated rings. The molecule has 26 heavy (non-hydrogen) atoms. The molecule has 1 aromatic carbocycles. The third-order valence-corrected chi connectivity index (χ3v) is 7.20. The Balaban J connectivity index is 1.57. The second-order valence-electron chi connectivity index (χ2n) is 7.01. The highest BCUT2D eigenvalue weighted by atomic mass is 32.2. The summed E-state index contributed by atoms with van der Waals surface area (Å²) in [4.78, 5) is 12.9. The molecule has 1 saturated heterocycles. The molecule has 0 saturated carbocycles. The van der Waals surface area contributed by atoms with Crippen LogP contribution in [0.5, 0.6) is 0 Å². The summed E-state index contributed by atoms with van der Waals surface area (Å²) in [5, 5.41) is 7.19. The number of fused-ring (bicyclic) bond motifs is 1. The van der Waals surface area contributed by atoms with Crippen molar-refractivity contribution < 1.29 is 13.2 Å². The van der Waals surface area contributed by atoms with E-state index in [4.69, 9.17) is 0 Å². The lowest BCUT2D eigenvalue weighted by Gasteiger charge is -2.28. The van der Waals surface area contributed by atoms with Crippen molar-refractivity contribution in [3.05, 3.63) is 47.8 Å². The summed E-state index contributed by atoms with van der Waals surface area (Å²) in [6.07, 6.45) is 5.06. The zero-order chi connectivity index (χ0) is 18.4. The van der Waals surface area contributed by atoms with Crippen LogP contribution in [0.2, 0.25) is 0 Å². The number of carbonyl (C=O) groups is 1. The predicted octanol–water partition coefficient (Wildman–Crippen LogP) is 1.41. The van der Waals surface area contributed by atoms with Crippen LogP contribution in [-0.4, -0.2) is 47.0 Å². The second kappa shape index (κ2) is 6.21. The van der Waals surface area contributed by atoms with E-state index in [-0.39, 0.29) is 10.8 Å². The van der Waals surface area contributed by atoms with Gasteiger partial charge in [0.25, 0.3) is 5.91 Å². The van der Waals surface area contributed by atoms with Crippen LogP contribution < -0.4 is 5.32 Å². The van der Waals surface area contributed by atoms with Gasteiger partial charge < -0.3 is 5.32 Å². The fraction of sp³-hybridized carbons (Fsp3) is 0.444. The van der Waals surface area contributed by atoms with Gasteiger partial charge in [-0.15, -0.1) is 0 Å².